The summed E-state index contributed by atoms with van der Waals surface area (Å²) in [5.41, 5.74) is 7.64. The first-order valence-corrected chi connectivity index (χ1v) is 17.5. The first kappa shape index (κ1) is 35.5. The predicted octanol–water partition coefficient (Wildman–Crippen LogP) is 7.77. The van der Waals surface area contributed by atoms with Crippen molar-refractivity contribution in [3.63, 3.8) is 0 Å². The van der Waals surface area contributed by atoms with Crippen LogP contribution < -0.4 is 0 Å². The van der Waals surface area contributed by atoms with Gasteiger partial charge in [0.05, 0.1) is 0 Å². The molecule has 228 valence electrons. The van der Waals surface area contributed by atoms with Crippen molar-refractivity contribution >= 4 is 37.5 Å². The van der Waals surface area contributed by atoms with Gasteiger partial charge in [0.15, 0.2) is 0 Å². The SMILES string of the molecule is [Pt+2].[Pt+2].[c-]1c(-c2ccccn2)cccc1-c1ccccn1.[c-]1c(-c2ccccn2)cccc1-c1ccccn1.[c-]1c[se]c2[se]c[c-]c12. The number of pyridine rings is 4. The Morgan fingerprint density at radius 2 is 0.717 bits per heavy atom. The van der Waals surface area contributed by atoms with Crippen molar-refractivity contribution in [1.82, 2.24) is 19.9 Å². The Hall–Kier alpha value is -3.32. The van der Waals surface area contributed by atoms with Gasteiger partial charge in [-0.15, -0.1) is 48.5 Å². The van der Waals surface area contributed by atoms with E-state index < -0.39 is 0 Å². The number of hydrogen-bond acceptors (Lipinski definition) is 4. The summed E-state index contributed by atoms with van der Waals surface area (Å²) in [4.78, 5) is 21.6. The van der Waals surface area contributed by atoms with Crippen LogP contribution in [-0.2, 0) is 42.1 Å². The van der Waals surface area contributed by atoms with Crippen molar-refractivity contribution in [1.29, 1.82) is 0 Å². The van der Waals surface area contributed by atoms with E-state index in [1.54, 1.807) is 27.9 Å². The summed E-state index contributed by atoms with van der Waals surface area (Å²) >= 11 is 1.30. The average molecular weight is 1080 g/mol. The van der Waals surface area contributed by atoms with E-state index in [-0.39, 0.29) is 42.1 Å². The third-order valence-electron chi connectivity index (χ3n) is 6.30. The van der Waals surface area contributed by atoms with Crippen molar-refractivity contribution in [3.8, 4) is 45.0 Å². The summed E-state index contributed by atoms with van der Waals surface area (Å²) in [6.45, 7) is 0. The van der Waals surface area contributed by atoms with Crippen LogP contribution in [0.1, 0.15) is 0 Å². The molecule has 46 heavy (non-hydrogen) atoms. The fraction of sp³-hybridized carbons (Fsp3) is 0. The molecule has 2 aromatic carbocycles. The minimum atomic E-state index is 0. The minimum absolute atomic E-state index is 0. The Labute approximate surface area is 310 Å². The number of fused-ring (bicyclic) bond motifs is 1. The zero-order valence-electron chi connectivity index (χ0n) is 24.1. The third kappa shape index (κ3) is 9.84. The summed E-state index contributed by atoms with van der Waals surface area (Å²) in [7, 11) is 0. The van der Waals surface area contributed by atoms with Gasteiger partial charge in [-0.1, -0.05) is 70.8 Å². The van der Waals surface area contributed by atoms with Gasteiger partial charge in [0.1, 0.15) is 0 Å². The maximum atomic E-state index is 4.33. The Morgan fingerprint density at radius 3 is 0.978 bits per heavy atom. The molecule has 6 heterocycles. The molecule has 8 aromatic rings. The van der Waals surface area contributed by atoms with Gasteiger partial charge >= 0.3 is 102 Å². The molecule has 0 aliphatic carbocycles. The monoisotopic (exact) mass is 1090 g/mol. The molecule has 0 fully saturated rings. The Kier molecular flexibility index (Phi) is 14.5. The molecule has 0 spiro atoms. The molecule has 4 nitrogen and oxygen atoms in total. The molecule has 6 aromatic heterocycles. The standard InChI is InChI=1S/2C16H11N2.C6H2Se2.2Pt/c2*1-3-10-17-15(8-1)13-6-5-7-14(12-13)16-9-2-4-11-18-16;1-3-7-6-5(1)2-4-8-6;;/h2*1-11H;3-4H;;/q2*-1;-2;2*+2. The first-order chi connectivity index (χ1) is 21.8. The molecule has 8 rings (SSSR count). The van der Waals surface area contributed by atoms with E-state index in [1.807, 2.05) is 109 Å². The zero-order chi connectivity index (χ0) is 29.8. The van der Waals surface area contributed by atoms with Crippen molar-refractivity contribution in [2.45, 2.75) is 0 Å². The number of hydrogen-bond donors (Lipinski definition) is 0. The van der Waals surface area contributed by atoms with Crippen molar-refractivity contribution in [2.24, 2.45) is 0 Å². The molecular weight excluding hydrogens is 1060 g/mol. The van der Waals surface area contributed by atoms with Crippen LogP contribution in [0.15, 0.2) is 144 Å². The zero-order valence-corrected chi connectivity index (χ0v) is 32.1. The van der Waals surface area contributed by atoms with Gasteiger partial charge in [-0.3, -0.25) is 19.9 Å². The number of nitrogens with zero attached hydrogens (tertiary/aromatic N) is 4. The topological polar surface area (TPSA) is 51.6 Å². The van der Waals surface area contributed by atoms with Crippen LogP contribution in [-0.4, -0.2) is 48.9 Å². The quantitative estimate of drug-likeness (QED) is 0.134. The van der Waals surface area contributed by atoms with E-state index in [2.05, 4.69) is 54.1 Å². The van der Waals surface area contributed by atoms with E-state index in [4.69, 9.17) is 0 Å². The van der Waals surface area contributed by atoms with E-state index in [1.165, 1.54) is 5.39 Å². The summed E-state index contributed by atoms with van der Waals surface area (Å²) in [5.74, 6) is 0. The molecule has 0 radical (unpaired) electrons. The average Bonchev–Trinajstić information content (AvgIpc) is 3.77. The molecule has 0 amide bonds. The molecule has 0 aliphatic heterocycles. The molecule has 0 saturated carbocycles. The van der Waals surface area contributed by atoms with Crippen LogP contribution in [0.4, 0.5) is 0 Å². The second kappa shape index (κ2) is 18.7. The van der Waals surface area contributed by atoms with Gasteiger partial charge in [-0.05, 0) is 24.3 Å². The maximum absolute atomic E-state index is 4.33. The summed E-state index contributed by atoms with van der Waals surface area (Å²) in [6.07, 6.45) is 7.15. The normalized spacial score (nSPS) is 9.83. The van der Waals surface area contributed by atoms with E-state index >= 15 is 0 Å². The third-order valence-corrected chi connectivity index (χ3v) is 11.1. The van der Waals surface area contributed by atoms with Crippen LogP contribution in [0, 0.1) is 24.3 Å². The molecule has 0 atom stereocenters. The molecule has 0 aliphatic rings. The fourth-order valence-electron chi connectivity index (χ4n) is 4.21. The van der Waals surface area contributed by atoms with Gasteiger partial charge in [-0.2, -0.15) is 0 Å². The van der Waals surface area contributed by atoms with E-state index in [9.17, 15) is 0 Å². The Morgan fingerprint density at radius 1 is 0.391 bits per heavy atom. The van der Waals surface area contributed by atoms with Crippen LogP contribution in [0.25, 0.3) is 53.5 Å². The van der Waals surface area contributed by atoms with Crippen LogP contribution in [0.3, 0.4) is 0 Å². The summed E-state index contributed by atoms with van der Waals surface area (Å²) in [6, 6.07) is 48.6. The summed E-state index contributed by atoms with van der Waals surface area (Å²) in [5, 5.41) is 1.27. The fourth-order valence-corrected chi connectivity index (χ4v) is 8.16. The van der Waals surface area contributed by atoms with Gasteiger partial charge in [0.2, 0.25) is 0 Å². The molecule has 8 heteroatoms. The van der Waals surface area contributed by atoms with Gasteiger partial charge < -0.3 is 0 Å². The van der Waals surface area contributed by atoms with Gasteiger partial charge in [0, 0.05) is 47.6 Å². The molecule has 0 bridgehead atoms. The number of benzene rings is 2. The Balaban J connectivity index is 0.000000163. The second-order valence-electron chi connectivity index (χ2n) is 9.24. The van der Waals surface area contributed by atoms with E-state index in [0.29, 0.717) is 29.0 Å². The second-order valence-corrected chi connectivity index (χ2v) is 14.2. The van der Waals surface area contributed by atoms with Gasteiger partial charge in [0.25, 0.3) is 0 Å². The first-order valence-electron chi connectivity index (χ1n) is 13.8. The van der Waals surface area contributed by atoms with E-state index in [0.717, 1.165) is 45.0 Å². The predicted molar refractivity (Wildman–Crippen MR) is 179 cm³/mol. The van der Waals surface area contributed by atoms with Crippen LogP contribution >= 0.6 is 0 Å². The molecular formula is C38H24N4Pt2Se2. The van der Waals surface area contributed by atoms with Crippen molar-refractivity contribution < 1.29 is 42.1 Å². The number of aromatic nitrogens is 4. The number of rotatable bonds is 4. The molecule has 0 unspecified atom stereocenters. The Bertz CT molecular complexity index is 1740. The molecule has 0 N–H and O–H groups in total. The summed E-state index contributed by atoms with van der Waals surface area (Å²) < 4.78 is 1.62. The van der Waals surface area contributed by atoms with Crippen LogP contribution in [0.2, 0.25) is 0 Å². The van der Waals surface area contributed by atoms with Crippen molar-refractivity contribution in [2.75, 3.05) is 0 Å². The van der Waals surface area contributed by atoms with Crippen molar-refractivity contribution in [3.05, 3.63) is 168 Å². The van der Waals surface area contributed by atoms with Gasteiger partial charge in [-0.25, -0.2) is 0 Å². The van der Waals surface area contributed by atoms with Crippen LogP contribution in [0.5, 0.6) is 0 Å². The molecule has 0 saturated heterocycles.